The topological polar surface area (TPSA) is 60.9 Å². The Hall–Kier alpha value is -2.45. The normalized spacial score (nSPS) is 17.6. The number of halogens is 1. The summed E-state index contributed by atoms with van der Waals surface area (Å²) >= 11 is 0. The van der Waals surface area contributed by atoms with Crippen LogP contribution in [0.2, 0.25) is 0 Å². The molecule has 1 aliphatic carbocycles. The van der Waals surface area contributed by atoms with Gasteiger partial charge < -0.3 is 9.80 Å². The van der Waals surface area contributed by atoms with Crippen molar-refractivity contribution in [3.63, 3.8) is 0 Å². The van der Waals surface area contributed by atoms with Crippen molar-refractivity contribution >= 4 is 21.6 Å². The molecule has 0 unspecified atom stereocenters. The second-order valence-electron chi connectivity index (χ2n) is 8.98. The molecule has 0 spiro atoms. The fourth-order valence-corrected chi connectivity index (χ4v) is 5.59. The Labute approximate surface area is 189 Å². The monoisotopic (exact) mass is 459 g/mol. The summed E-state index contributed by atoms with van der Waals surface area (Å²) in [7, 11) is -3.71. The van der Waals surface area contributed by atoms with Gasteiger partial charge in [0.1, 0.15) is 5.82 Å². The van der Waals surface area contributed by atoms with Gasteiger partial charge in [0.25, 0.3) is 5.91 Å². The van der Waals surface area contributed by atoms with Crippen LogP contribution in [0.25, 0.3) is 0 Å². The summed E-state index contributed by atoms with van der Waals surface area (Å²) in [5.41, 5.74) is 1.30. The quantitative estimate of drug-likeness (QED) is 0.635. The summed E-state index contributed by atoms with van der Waals surface area (Å²) < 4.78 is 41.2. The van der Waals surface area contributed by atoms with E-state index in [1.165, 1.54) is 22.5 Å². The van der Waals surface area contributed by atoms with E-state index in [4.69, 9.17) is 0 Å². The Morgan fingerprint density at radius 3 is 2.31 bits per heavy atom. The van der Waals surface area contributed by atoms with Gasteiger partial charge in [0, 0.05) is 50.0 Å². The highest BCUT2D eigenvalue weighted by molar-refractivity contribution is 7.89. The Bertz CT molecular complexity index is 1060. The molecule has 2 aliphatic rings. The second kappa shape index (κ2) is 9.19. The molecule has 1 aliphatic heterocycles. The van der Waals surface area contributed by atoms with E-state index in [2.05, 4.69) is 13.8 Å². The van der Waals surface area contributed by atoms with Crippen molar-refractivity contribution in [1.29, 1.82) is 0 Å². The molecule has 172 valence electrons. The number of amides is 1. The first-order chi connectivity index (χ1) is 15.3. The van der Waals surface area contributed by atoms with Crippen LogP contribution >= 0.6 is 0 Å². The summed E-state index contributed by atoms with van der Waals surface area (Å²) in [6, 6.07) is 12.9. The van der Waals surface area contributed by atoms with Crippen LogP contribution in [0.4, 0.5) is 10.1 Å². The van der Waals surface area contributed by atoms with Crippen LogP contribution in [-0.2, 0) is 10.0 Å². The number of hydrogen-bond acceptors (Lipinski definition) is 4. The van der Waals surface area contributed by atoms with Gasteiger partial charge in [-0.05, 0) is 61.2 Å². The Morgan fingerprint density at radius 2 is 1.72 bits per heavy atom. The van der Waals surface area contributed by atoms with Gasteiger partial charge in [-0.2, -0.15) is 4.31 Å². The summed E-state index contributed by atoms with van der Waals surface area (Å²) in [5.74, 6) is -0.0405. The highest BCUT2D eigenvalue weighted by atomic mass is 32.2. The lowest BCUT2D eigenvalue weighted by Crippen LogP contribution is -2.48. The van der Waals surface area contributed by atoms with Crippen molar-refractivity contribution in [2.24, 2.45) is 5.92 Å². The molecule has 2 aromatic carbocycles. The maximum atomic E-state index is 13.3. The zero-order valence-corrected chi connectivity index (χ0v) is 19.4. The van der Waals surface area contributed by atoms with Crippen LogP contribution in [0.3, 0.4) is 0 Å². The van der Waals surface area contributed by atoms with Gasteiger partial charge in [-0.3, -0.25) is 4.79 Å². The molecule has 6 nitrogen and oxygen atoms in total. The lowest BCUT2D eigenvalue weighted by molar-refractivity contribution is 0.0722. The Balaban J connectivity index is 1.47. The van der Waals surface area contributed by atoms with Crippen molar-refractivity contribution in [2.45, 2.75) is 37.6 Å². The maximum absolute atomic E-state index is 13.3. The number of piperazine rings is 1. The highest BCUT2D eigenvalue weighted by Crippen LogP contribution is 2.30. The van der Waals surface area contributed by atoms with Crippen LogP contribution in [0, 0.1) is 11.7 Å². The van der Waals surface area contributed by atoms with Crippen molar-refractivity contribution in [2.75, 3.05) is 37.6 Å². The minimum absolute atomic E-state index is 0.0978. The standard InChI is InChI=1S/C24H30FN3O3S/c1-18(2)17-28(22-10-11-22)24(29)19-4-3-5-23(16-19)32(30,31)27-14-12-26(13-15-27)21-8-6-20(25)7-9-21/h3-9,16,18,22H,10-15,17H2,1-2H3. The van der Waals surface area contributed by atoms with Gasteiger partial charge in [-0.25, -0.2) is 12.8 Å². The fourth-order valence-electron chi connectivity index (χ4n) is 4.12. The third-order valence-corrected chi connectivity index (χ3v) is 7.85. The van der Waals surface area contributed by atoms with E-state index >= 15 is 0 Å². The number of sulfonamides is 1. The first kappa shape index (κ1) is 22.7. The molecular weight excluding hydrogens is 429 g/mol. The molecule has 4 rings (SSSR count). The molecular formula is C24H30FN3O3S. The van der Waals surface area contributed by atoms with E-state index in [0.717, 1.165) is 18.5 Å². The number of benzene rings is 2. The lowest BCUT2D eigenvalue weighted by Gasteiger charge is -2.35. The summed E-state index contributed by atoms with van der Waals surface area (Å²) in [5, 5.41) is 0. The minimum atomic E-state index is -3.71. The van der Waals surface area contributed by atoms with E-state index in [9.17, 15) is 17.6 Å². The number of carbonyl (C=O) groups is 1. The number of rotatable bonds is 7. The lowest BCUT2D eigenvalue weighted by atomic mass is 10.1. The van der Waals surface area contributed by atoms with Crippen LogP contribution in [-0.4, -0.2) is 62.3 Å². The predicted molar refractivity (Wildman–Crippen MR) is 123 cm³/mol. The average molecular weight is 460 g/mol. The van der Waals surface area contributed by atoms with Crippen molar-refractivity contribution in [1.82, 2.24) is 9.21 Å². The number of carbonyl (C=O) groups excluding carboxylic acids is 1. The third-order valence-electron chi connectivity index (χ3n) is 5.96. The number of anilines is 1. The third kappa shape index (κ3) is 4.96. The van der Waals surface area contributed by atoms with Gasteiger partial charge >= 0.3 is 0 Å². The smallest absolute Gasteiger partial charge is 0.254 e. The largest absolute Gasteiger partial charge is 0.369 e. The van der Waals surface area contributed by atoms with Crippen molar-refractivity contribution in [3.05, 3.63) is 59.9 Å². The molecule has 8 heteroatoms. The Morgan fingerprint density at radius 1 is 1.06 bits per heavy atom. The fraction of sp³-hybridized carbons (Fsp3) is 0.458. The summed E-state index contributed by atoms with van der Waals surface area (Å²) in [6.45, 7) is 6.54. The van der Waals surface area contributed by atoms with Gasteiger partial charge in [0.2, 0.25) is 10.0 Å². The average Bonchev–Trinajstić information content (AvgIpc) is 3.63. The summed E-state index contributed by atoms with van der Waals surface area (Å²) in [4.78, 5) is 17.2. The first-order valence-electron chi connectivity index (χ1n) is 11.2. The van der Waals surface area contributed by atoms with E-state index in [-0.39, 0.29) is 22.7 Å². The zero-order valence-electron chi connectivity index (χ0n) is 18.6. The molecule has 1 saturated heterocycles. The Kier molecular flexibility index (Phi) is 6.53. The molecule has 1 heterocycles. The number of nitrogens with zero attached hydrogens (tertiary/aromatic N) is 3. The second-order valence-corrected chi connectivity index (χ2v) is 10.9. The molecule has 0 bridgehead atoms. The SMILES string of the molecule is CC(C)CN(C(=O)c1cccc(S(=O)(=O)N2CCN(c3ccc(F)cc3)CC2)c1)C1CC1. The van der Waals surface area contributed by atoms with Gasteiger partial charge in [0.15, 0.2) is 0 Å². The van der Waals surface area contributed by atoms with E-state index in [1.807, 2.05) is 9.80 Å². The maximum Gasteiger partial charge on any atom is 0.254 e. The van der Waals surface area contributed by atoms with Crippen LogP contribution in [0.5, 0.6) is 0 Å². The van der Waals surface area contributed by atoms with Gasteiger partial charge in [-0.15, -0.1) is 0 Å². The van der Waals surface area contributed by atoms with Crippen LogP contribution < -0.4 is 4.90 Å². The van der Waals surface area contributed by atoms with E-state index in [0.29, 0.717) is 44.2 Å². The molecule has 1 saturated carbocycles. The molecule has 2 fully saturated rings. The van der Waals surface area contributed by atoms with Gasteiger partial charge in [0.05, 0.1) is 4.90 Å². The predicted octanol–water partition coefficient (Wildman–Crippen LogP) is 3.60. The van der Waals surface area contributed by atoms with Gasteiger partial charge in [-0.1, -0.05) is 19.9 Å². The molecule has 0 N–H and O–H groups in total. The van der Waals surface area contributed by atoms with Crippen molar-refractivity contribution in [3.8, 4) is 0 Å². The molecule has 1 amide bonds. The zero-order chi connectivity index (χ0) is 22.9. The van der Waals surface area contributed by atoms with Crippen LogP contribution in [0.1, 0.15) is 37.0 Å². The van der Waals surface area contributed by atoms with Crippen LogP contribution in [0.15, 0.2) is 53.4 Å². The minimum Gasteiger partial charge on any atom is -0.369 e. The summed E-state index contributed by atoms with van der Waals surface area (Å²) in [6.07, 6.45) is 2.02. The highest BCUT2D eigenvalue weighted by Gasteiger charge is 2.34. The van der Waals surface area contributed by atoms with E-state index in [1.54, 1.807) is 30.3 Å². The first-order valence-corrected chi connectivity index (χ1v) is 12.6. The van der Waals surface area contributed by atoms with Crippen molar-refractivity contribution < 1.29 is 17.6 Å². The molecule has 2 aromatic rings. The molecule has 0 aromatic heterocycles. The van der Waals surface area contributed by atoms with E-state index < -0.39 is 10.0 Å². The molecule has 0 radical (unpaired) electrons. The number of hydrogen-bond donors (Lipinski definition) is 0. The molecule has 32 heavy (non-hydrogen) atoms. The molecule has 0 atom stereocenters.